The predicted molar refractivity (Wildman–Crippen MR) is 80.4 cm³/mol. The van der Waals surface area contributed by atoms with Crippen molar-refractivity contribution in [2.24, 2.45) is 0 Å². The van der Waals surface area contributed by atoms with Crippen LogP contribution < -0.4 is 10.2 Å². The summed E-state index contributed by atoms with van der Waals surface area (Å²) >= 11 is 0. The van der Waals surface area contributed by atoms with Gasteiger partial charge in [-0.2, -0.15) is 0 Å². The van der Waals surface area contributed by atoms with Crippen LogP contribution in [-0.4, -0.2) is 33.9 Å². The Labute approximate surface area is 123 Å². The lowest BCUT2D eigenvalue weighted by molar-refractivity contribution is 0.102. The highest BCUT2D eigenvalue weighted by Crippen LogP contribution is 2.25. The fourth-order valence-electron chi connectivity index (χ4n) is 2.47. The van der Waals surface area contributed by atoms with E-state index in [4.69, 9.17) is 0 Å². The monoisotopic (exact) mass is 283 g/mol. The quantitative estimate of drug-likeness (QED) is 0.933. The van der Waals surface area contributed by atoms with Crippen molar-refractivity contribution in [1.82, 2.24) is 15.0 Å². The van der Waals surface area contributed by atoms with Gasteiger partial charge in [-0.05, 0) is 31.9 Å². The number of rotatable bonds is 3. The van der Waals surface area contributed by atoms with Crippen LogP contribution in [0.1, 0.15) is 28.9 Å². The van der Waals surface area contributed by atoms with Gasteiger partial charge >= 0.3 is 0 Å². The number of pyridine rings is 1. The van der Waals surface area contributed by atoms with E-state index < -0.39 is 0 Å². The maximum Gasteiger partial charge on any atom is 0.255 e. The Bertz CT molecular complexity index is 652. The van der Waals surface area contributed by atoms with E-state index in [1.54, 1.807) is 24.5 Å². The molecule has 6 heteroatoms. The number of nitrogens with one attached hydrogen (secondary N) is 1. The number of hydrogen-bond donors (Lipinski definition) is 1. The van der Waals surface area contributed by atoms with Crippen molar-refractivity contribution >= 4 is 17.4 Å². The van der Waals surface area contributed by atoms with E-state index in [1.807, 2.05) is 6.92 Å². The number of amides is 1. The van der Waals surface area contributed by atoms with Gasteiger partial charge in [-0.3, -0.25) is 9.78 Å². The first-order valence-electron chi connectivity index (χ1n) is 7.03. The van der Waals surface area contributed by atoms with E-state index in [9.17, 15) is 4.79 Å². The second-order valence-electron chi connectivity index (χ2n) is 5.09. The summed E-state index contributed by atoms with van der Waals surface area (Å²) in [4.78, 5) is 26.9. The molecule has 0 saturated carbocycles. The van der Waals surface area contributed by atoms with E-state index in [-0.39, 0.29) is 5.91 Å². The Morgan fingerprint density at radius 2 is 2.10 bits per heavy atom. The molecule has 108 valence electrons. The molecule has 2 aromatic rings. The number of aromatic nitrogens is 3. The van der Waals surface area contributed by atoms with Crippen molar-refractivity contribution in [3.05, 3.63) is 42.1 Å². The van der Waals surface area contributed by atoms with Crippen LogP contribution >= 0.6 is 0 Å². The van der Waals surface area contributed by atoms with Crippen LogP contribution in [0.5, 0.6) is 0 Å². The largest absolute Gasteiger partial charge is 0.355 e. The number of nitrogens with zero attached hydrogens (tertiary/aromatic N) is 4. The molecule has 0 bridgehead atoms. The number of anilines is 2. The molecule has 1 fully saturated rings. The molecule has 2 aromatic heterocycles. The molecular weight excluding hydrogens is 266 g/mol. The van der Waals surface area contributed by atoms with Crippen LogP contribution in [0.4, 0.5) is 11.5 Å². The van der Waals surface area contributed by atoms with Crippen molar-refractivity contribution in [3.63, 3.8) is 0 Å². The first kappa shape index (κ1) is 13.5. The normalized spacial score (nSPS) is 14.2. The van der Waals surface area contributed by atoms with Crippen LogP contribution in [0.3, 0.4) is 0 Å². The summed E-state index contributed by atoms with van der Waals surface area (Å²) in [6.45, 7) is 3.79. The molecule has 6 nitrogen and oxygen atoms in total. The first-order valence-corrected chi connectivity index (χ1v) is 7.03. The molecule has 1 N–H and O–H groups in total. The van der Waals surface area contributed by atoms with Gasteiger partial charge in [-0.15, -0.1) is 0 Å². The molecule has 3 heterocycles. The Balaban J connectivity index is 1.83. The van der Waals surface area contributed by atoms with Gasteiger partial charge < -0.3 is 10.2 Å². The number of aryl methyl sites for hydroxylation is 1. The minimum atomic E-state index is -0.171. The van der Waals surface area contributed by atoms with Crippen molar-refractivity contribution in [2.75, 3.05) is 23.3 Å². The Morgan fingerprint density at radius 3 is 2.86 bits per heavy atom. The highest BCUT2D eigenvalue weighted by molar-refractivity contribution is 6.05. The van der Waals surface area contributed by atoms with Crippen molar-refractivity contribution in [3.8, 4) is 0 Å². The number of carbonyl (C=O) groups is 1. The molecule has 3 rings (SSSR count). The fraction of sp³-hybridized carbons (Fsp3) is 0.333. The third kappa shape index (κ3) is 2.99. The summed E-state index contributed by atoms with van der Waals surface area (Å²) in [5.41, 5.74) is 2.05. The van der Waals surface area contributed by atoms with Crippen molar-refractivity contribution < 1.29 is 4.79 Å². The molecule has 0 aliphatic carbocycles. The van der Waals surface area contributed by atoms with Gasteiger partial charge in [-0.1, -0.05) is 0 Å². The summed E-state index contributed by atoms with van der Waals surface area (Å²) in [5, 5.41) is 2.90. The number of carbonyl (C=O) groups excluding carboxylic acids is 1. The minimum absolute atomic E-state index is 0.171. The minimum Gasteiger partial charge on any atom is -0.355 e. The zero-order valence-corrected chi connectivity index (χ0v) is 11.9. The van der Waals surface area contributed by atoms with E-state index >= 15 is 0 Å². The Kier molecular flexibility index (Phi) is 3.77. The average molecular weight is 283 g/mol. The smallest absolute Gasteiger partial charge is 0.255 e. The topological polar surface area (TPSA) is 71.0 Å². The van der Waals surface area contributed by atoms with Crippen LogP contribution in [0.15, 0.2) is 30.9 Å². The van der Waals surface area contributed by atoms with E-state index in [2.05, 4.69) is 25.2 Å². The molecule has 0 radical (unpaired) electrons. The van der Waals surface area contributed by atoms with Gasteiger partial charge in [0.2, 0.25) is 0 Å². The van der Waals surface area contributed by atoms with Crippen LogP contribution in [0.25, 0.3) is 0 Å². The van der Waals surface area contributed by atoms with Gasteiger partial charge in [-0.25, -0.2) is 9.97 Å². The third-order valence-corrected chi connectivity index (χ3v) is 3.50. The van der Waals surface area contributed by atoms with Gasteiger partial charge in [0.15, 0.2) is 5.82 Å². The lowest BCUT2D eigenvalue weighted by atomic mass is 10.2. The van der Waals surface area contributed by atoms with Gasteiger partial charge in [0.05, 0.1) is 6.20 Å². The SMILES string of the molecule is Cc1cc(C(=O)Nc2cncnc2N2CCCC2)ccn1. The van der Waals surface area contributed by atoms with Crippen molar-refractivity contribution in [2.45, 2.75) is 19.8 Å². The second-order valence-corrected chi connectivity index (χ2v) is 5.09. The zero-order chi connectivity index (χ0) is 14.7. The fourth-order valence-corrected chi connectivity index (χ4v) is 2.47. The molecular formula is C15H17N5O. The third-order valence-electron chi connectivity index (χ3n) is 3.50. The molecule has 1 aliphatic rings. The molecule has 1 amide bonds. The first-order chi connectivity index (χ1) is 10.2. The maximum atomic E-state index is 12.3. The number of hydrogen-bond acceptors (Lipinski definition) is 5. The molecule has 0 unspecified atom stereocenters. The standard InChI is InChI=1S/C15H17N5O/c1-11-8-12(4-5-17-11)15(21)19-13-9-16-10-18-14(13)20-6-2-3-7-20/h4-5,8-10H,2-3,6-7H2,1H3,(H,19,21). The Hall–Kier alpha value is -2.50. The van der Waals surface area contributed by atoms with Crippen LogP contribution in [-0.2, 0) is 0 Å². The Morgan fingerprint density at radius 1 is 1.29 bits per heavy atom. The van der Waals surface area contributed by atoms with E-state index in [1.165, 1.54) is 6.33 Å². The highest BCUT2D eigenvalue weighted by atomic mass is 16.1. The molecule has 0 spiro atoms. The molecule has 0 atom stereocenters. The van der Waals surface area contributed by atoms with Gasteiger partial charge in [0.25, 0.3) is 5.91 Å². The molecule has 1 saturated heterocycles. The molecule has 0 aromatic carbocycles. The molecule has 1 aliphatic heterocycles. The van der Waals surface area contributed by atoms with E-state index in [0.29, 0.717) is 11.3 Å². The summed E-state index contributed by atoms with van der Waals surface area (Å²) in [6.07, 6.45) is 7.10. The van der Waals surface area contributed by atoms with Crippen LogP contribution in [0.2, 0.25) is 0 Å². The van der Waals surface area contributed by atoms with Crippen LogP contribution in [0, 0.1) is 6.92 Å². The van der Waals surface area contributed by atoms with Gasteiger partial charge in [0, 0.05) is 30.5 Å². The summed E-state index contributed by atoms with van der Waals surface area (Å²) in [6, 6.07) is 3.45. The lowest BCUT2D eigenvalue weighted by Crippen LogP contribution is -2.22. The zero-order valence-electron chi connectivity index (χ0n) is 11.9. The predicted octanol–water partition coefficient (Wildman–Crippen LogP) is 2.03. The highest BCUT2D eigenvalue weighted by Gasteiger charge is 2.18. The second kappa shape index (κ2) is 5.87. The lowest BCUT2D eigenvalue weighted by Gasteiger charge is -2.19. The summed E-state index contributed by atoms with van der Waals surface area (Å²) in [7, 11) is 0. The van der Waals surface area contributed by atoms with E-state index in [0.717, 1.165) is 37.4 Å². The van der Waals surface area contributed by atoms with Gasteiger partial charge in [0.1, 0.15) is 12.0 Å². The molecule has 21 heavy (non-hydrogen) atoms. The maximum absolute atomic E-state index is 12.3. The summed E-state index contributed by atoms with van der Waals surface area (Å²) in [5.74, 6) is 0.623. The summed E-state index contributed by atoms with van der Waals surface area (Å²) < 4.78 is 0. The van der Waals surface area contributed by atoms with Crippen molar-refractivity contribution in [1.29, 1.82) is 0 Å². The average Bonchev–Trinajstić information content (AvgIpc) is 3.02.